The van der Waals surface area contributed by atoms with Crippen LogP contribution in [0.3, 0.4) is 0 Å². The fraction of sp³-hybridized carbons (Fsp3) is 0.421. The molecule has 1 N–H and O–H groups in total. The predicted molar refractivity (Wildman–Crippen MR) is 90.8 cm³/mol. The summed E-state index contributed by atoms with van der Waals surface area (Å²) in [7, 11) is 0. The second kappa shape index (κ2) is 7.30. The number of aromatic nitrogens is 1. The first-order chi connectivity index (χ1) is 11.9. The maximum Gasteiger partial charge on any atom is 0.213 e. The van der Waals surface area contributed by atoms with Gasteiger partial charge in [-0.2, -0.15) is 0 Å². The molecule has 2 fully saturated rings. The number of benzene rings is 1. The standard InChI is InChI=1S/C19H22N2O3/c1-3-15(11-16(4-1)19-22-9-10-23-19)17-5-2-6-18(21-17)24-13-14-7-8-20-12-14/h1-6,11,14,19-20H,7-10,12-13H2/t14-/m0/s1. The molecule has 2 saturated heterocycles. The van der Waals surface area contributed by atoms with Crippen LogP contribution in [0.1, 0.15) is 18.3 Å². The Balaban J connectivity index is 1.49. The highest BCUT2D eigenvalue weighted by atomic mass is 16.7. The Bertz CT molecular complexity index is 680. The smallest absolute Gasteiger partial charge is 0.213 e. The average Bonchev–Trinajstić information content (AvgIpc) is 3.34. The van der Waals surface area contributed by atoms with Crippen LogP contribution in [0.25, 0.3) is 11.3 Å². The summed E-state index contributed by atoms with van der Waals surface area (Å²) in [4.78, 5) is 4.65. The summed E-state index contributed by atoms with van der Waals surface area (Å²) in [5, 5.41) is 3.35. The molecule has 126 valence electrons. The largest absolute Gasteiger partial charge is 0.477 e. The Morgan fingerprint density at radius 2 is 2.00 bits per heavy atom. The number of hydrogen-bond donors (Lipinski definition) is 1. The van der Waals surface area contributed by atoms with Crippen LogP contribution >= 0.6 is 0 Å². The average molecular weight is 326 g/mol. The van der Waals surface area contributed by atoms with Crippen LogP contribution in [-0.2, 0) is 9.47 Å². The third kappa shape index (κ3) is 3.59. The Morgan fingerprint density at radius 1 is 1.12 bits per heavy atom. The van der Waals surface area contributed by atoms with Crippen LogP contribution in [0.5, 0.6) is 5.88 Å². The number of nitrogens with one attached hydrogen (secondary N) is 1. The highest BCUT2D eigenvalue weighted by Gasteiger charge is 2.19. The Labute approximate surface area is 142 Å². The fourth-order valence-corrected chi connectivity index (χ4v) is 3.11. The van der Waals surface area contributed by atoms with Crippen LogP contribution in [0.2, 0.25) is 0 Å². The molecule has 0 bridgehead atoms. The molecule has 5 heteroatoms. The van der Waals surface area contributed by atoms with E-state index in [2.05, 4.69) is 16.4 Å². The van der Waals surface area contributed by atoms with E-state index in [9.17, 15) is 0 Å². The second-order valence-corrected chi connectivity index (χ2v) is 6.23. The van der Waals surface area contributed by atoms with Gasteiger partial charge in [0.25, 0.3) is 0 Å². The third-order valence-electron chi connectivity index (χ3n) is 4.43. The second-order valence-electron chi connectivity index (χ2n) is 6.23. The van der Waals surface area contributed by atoms with Crippen LogP contribution in [-0.4, -0.2) is 37.9 Å². The third-order valence-corrected chi connectivity index (χ3v) is 4.43. The van der Waals surface area contributed by atoms with Crippen LogP contribution in [0, 0.1) is 5.92 Å². The lowest BCUT2D eigenvalue weighted by atomic mass is 10.1. The summed E-state index contributed by atoms with van der Waals surface area (Å²) < 4.78 is 17.0. The highest BCUT2D eigenvalue weighted by molar-refractivity contribution is 5.60. The first-order valence-corrected chi connectivity index (χ1v) is 8.52. The molecule has 5 nitrogen and oxygen atoms in total. The molecular weight excluding hydrogens is 304 g/mol. The van der Waals surface area contributed by atoms with E-state index in [0.717, 1.165) is 29.9 Å². The Kier molecular flexibility index (Phi) is 4.74. The van der Waals surface area contributed by atoms with Gasteiger partial charge in [0, 0.05) is 29.7 Å². The molecule has 1 aromatic heterocycles. The summed E-state index contributed by atoms with van der Waals surface area (Å²) in [6.45, 7) is 4.12. The molecule has 1 atom stereocenters. The van der Waals surface area contributed by atoms with Gasteiger partial charge in [-0.25, -0.2) is 4.98 Å². The van der Waals surface area contributed by atoms with Crippen molar-refractivity contribution in [1.29, 1.82) is 0 Å². The molecule has 0 aliphatic carbocycles. The molecule has 3 heterocycles. The molecule has 0 spiro atoms. The van der Waals surface area contributed by atoms with Crippen LogP contribution in [0.15, 0.2) is 42.5 Å². The van der Waals surface area contributed by atoms with Crippen molar-refractivity contribution in [2.75, 3.05) is 32.9 Å². The Morgan fingerprint density at radius 3 is 2.83 bits per heavy atom. The van der Waals surface area contributed by atoms with Gasteiger partial charge < -0.3 is 19.5 Å². The highest BCUT2D eigenvalue weighted by Crippen LogP contribution is 2.28. The van der Waals surface area contributed by atoms with Crippen molar-refractivity contribution in [2.45, 2.75) is 12.7 Å². The number of hydrogen-bond acceptors (Lipinski definition) is 5. The van der Waals surface area contributed by atoms with Crippen molar-refractivity contribution < 1.29 is 14.2 Å². The fourth-order valence-electron chi connectivity index (χ4n) is 3.11. The summed E-state index contributed by atoms with van der Waals surface area (Å²) in [5.41, 5.74) is 2.96. The molecule has 2 aromatic rings. The van der Waals surface area contributed by atoms with E-state index in [1.54, 1.807) is 0 Å². The van der Waals surface area contributed by atoms with Gasteiger partial charge in [-0.1, -0.05) is 24.3 Å². The van der Waals surface area contributed by atoms with Crippen molar-refractivity contribution in [1.82, 2.24) is 10.3 Å². The molecular formula is C19H22N2O3. The van der Waals surface area contributed by atoms with E-state index in [4.69, 9.17) is 14.2 Å². The van der Waals surface area contributed by atoms with E-state index < -0.39 is 0 Å². The topological polar surface area (TPSA) is 52.6 Å². The van der Waals surface area contributed by atoms with Gasteiger partial charge in [-0.3, -0.25) is 0 Å². The van der Waals surface area contributed by atoms with Gasteiger partial charge in [-0.15, -0.1) is 0 Å². The molecule has 2 aliphatic heterocycles. The van der Waals surface area contributed by atoms with Crippen molar-refractivity contribution in [3.05, 3.63) is 48.0 Å². The number of rotatable bonds is 5. The van der Waals surface area contributed by atoms with Crippen molar-refractivity contribution in [2.24, 2.45) is 5.92 Å². The zero-order chi connectivity index (χ0) is 16.2. The van der Waals surface area contributed by atoms with E-state index in [0.29, 0.717) is 31.6 Å². The molecule has 2 aliphatic rings. The molecule has 0 radical (unpaired) electrons. The minimum atomic E-state index is -0.265. The Hall–Kier alpha value is -1.95. The van der Waals surface area contributed by atoms with Gasteiger partial charge in [0.2, 0.25) is 5.88 Å². The van der Waals surface area contributed by atoms with Gasteiger partial charge in [0.05, 0.1) is 25.5 Å². The minimum absolute atomic E-state index is 0.265. The zero-order valence-electron chi connectivity index (χ0n) is 13.6. The van der Waals surface area contributed by atoms with E-state index >= 15 is 0 Å². The van der Waals surface area contributed by atoms with Crippen molar-refractivity contribution in [3.8, 4) is 17.1 Å². The molecule has 4 rings (SSSR count). The van der Waals surface area contributed by atoms with Gasteiger partial charge in [0.1, 0.15) is 0 Å². The SMILES string of the molecule is c1cc(-c2cccc(OC[C@H]3CCNC3)n2)cc(C2OCCO2)c1. The van der Waals surface area contributed by atoms with Gasteiger partial charge in [0.15, 0.2) is 6.29 Å². The monoisotopic (exact) mass is 326 g/mol. The predicted octanol–water partition coefficient (Wildman–Crippen LogP) is 2.78. The molecule has 1 aromatic carbocycles. The van der Waals surface area contributed by atoms with Crippen LogP contribution in [0.4, 0.5) is 0 Å². The molecule has 24 heavy (non-hydrogen) atoms. The lowest BCUT2D eigenvalue weighted by molar-refractivity contribution is -0.0440. The van der Waals surface area contributed by atoms with Crippen molar-refractivity contribution >= 4 is 0 Å². The minimum Gasteiger partial charge on any atom is -0.477 e. The lowest BCUT2D eigenvalue weighted by Gasteiger charge is -2.12. The first-order valence-electron chi connectivity index (χ1n) is 8.52. The normalized spacial score (nSPS) is 21.2. The summed E-state index contributed by atoms with van der Waals surface area (Å²) >= 11 is 0. The van der Waals surface area contributed by atoms with E-state index in [-0.39, 0.29) is 6.29 Å². The number of pyridine rings is 1. The van der Waals surface area contributed by atoms with Gasteiger partial charge in [-0.05, 0) is 25.1 Å². The zero-order valence-corrected chi connectivity index (χ0v) is 13.6. The summed E-state index contributed by atoms with van der Waals surface area (Å²) in [6, 6.07) is 14.1. The number of ether oxygens (including phenoxy) is 3. The molecule has 0 amide bonds. The summed E-state index contributed by atoms with van der Waals surface area (Å²) in [6.07, 6.45) is 0.905. The molecule has 0 saturated carbocycles. The molecule has 0 unspecified atom stereocenters. The van der Waals surface area contributed by atoms with Crippen molar-refractivity contribution in [3.63, 3.8) is 0 Å². The quantitative estimate of drug-likeness (QED) is 0.916. The maximum atomic E-state index is 5.88. The van der Waals surface area contributed by atoms with Crippen LogP contribution < -0.4 is 10.1 Å². The maximum absolute atomic E-state index is 5.88. The lowest BCUT2D eigenvalue weighted by Crippen LogP contribution is -2.15. The first kappa shape index (κ1) is 15.6. The summed E-state index contributed by atoms with van der Waals surface area (Å²) in [5.74, 6) is 1.26. The van der Waals surface area contributed by atoms with E-state index in [1.807, 2.05) is 36.4 Å². The van der Waals surface area contributed by atoms with E-state index in [1.165, 1.54) is 6.42 Å². The van der Waals surface area contributed by atoms with Gasteiger partial charge >= 0.3 is 0 Å². The number of nitrogens with zero attached hydrogens (tertiary/aromatic N) is 1.